The molecule has 138 valence electrons. The van der Waals surface area contributed by atoms with E-state index in [-0.39, 0.29) is 5.56 Å². The summed E-state index contributed by atoms with van der Waals surface area (Å²) in [6.07, 6.45) is 8.29. The Morgan fingerprint density at radius 1 is 1.27 bits per heavy atom. The number of aromatic amines is 1. The number of aromatic nitrogens is 1. The first-order chi connectivity index (χ1) is 12.4. The van der Waals surface area contributed by atoms with Gasteiger partial charge < -0.3 is 10.1 Å². The van der Waals surface area contributed by atoms with E-state index in [2.05, 4.69) is 4.98 Å². The third-order valence-electron chi connectivity index (χ3n) is 6.72. The summed E-state index contributed by atoms with van der Waals surface area (Å²) in [5.41, 5.74) is 1.66. The van der Waals surface area contributed by atoms with Crippen molar-refractivity contribution in [1.82, 2.24) is 4.98 Å². The summed E-state index contributed by atoms with van der Waals surface area (Å²) in [6.45, 7) is 1.86. The fourth-order valence-electron chi connectivity index (χ4n) is 6.12. The van der Waals surface area contributed by atoms with Crippen molar-refractivity contribution in [3.05, 3.63) is 32.4 Å². The van der Waals surface area contributed by atoms with Gasteiger partial charge in [-0.1, -0.05) is 0 Å². The highest BCUT2D eigenvalue weighted by Gasteiger charge is 2.51. The zero-order valence-corrected chi connectivity index (χ0v) is 16.5. The lowest BCUT2D eigenvalue weighted by atomic mass is 9.56. The third kappa shape index (κ3) is 2.64. The normalized spacial score (nSPS) is 32.4. The Hall–Kier alpha value is -1.27. The van der Waals surface area contributed by atoms with Crippen LogP contribution in [0.15, 0.2) is 10.9 Å². The van der Waals surface area contributed by atoms with Crippen LogP contribution < -0.4 is 5.56 Å². The number of hydrogen-bond donors (Lipinski definition) is 2. The standard InChI is InChI=1S/C20H23NO3S2/c1-10-16-14(5-15(22)21-18(16)26-17(10)19(23)24)9-25-20-6-11-2-12(7-20)4-13(3-11)8-20/h5,11-13H,2-4,6-9H2,1H3,(H,21,22)(H,23,24). The Kier molecular flexibility index (Phi) is 3.80. The number of carbonyl (C=O) groups is 1. The van der Waals surface area contributed by atoms with Crippen LogP contribution in [0, 0.1) is 24.7 Å². The van der Waals surface area contributed by atoms with E-state index in [1.807, 2.05) is 18.7 Å². The predicted octanol–water partition coefficient (Wildman–Crippen LogP) is 4.80. The minimum absolute atomic E-state index is 0.128. The second kappa shape index (κ2) is 5.86. The fourth-order valence-corrected chi connectivity index (χ4v) is 8.96. The van der Waals surface area contributed by atoms with Gasteiger partial charge in [0.25, 0.3) is 0 Å². The average Bonchev–Trinajstić information content (AvgIpc) is 2.88. The van der Waals surface area contributed by atoms with Crippen LogP contribution in [0.4, 0.5) is 0 Å². The molecule has 2 aromatic heterocycles. The molecule has 4 fully saturated rings. The number of aryl methyl sites for hydroxylation is 1. The van der Waals surface area contributed by atoms with Crippen LogP contribution in [0.3, 0.4) is 0 Å². The third-order valence-corrected chi connectivity index (χ3v) is 9.48. The van der Waals surface area contributed by atoms with Gasteiger partial charge in [-0.3, -0.25) is 4.79 Å². The smallest absolute Gasteiger partial charge is 0.346 e. The minimum atomic E-state index is -0.913. The van der Waals surface area contributed by atoms with Gasteiger partial charge in [-0.25, -0.2) is 4.79 Å². The molecule has 4 aliphatic carbocycles. The van der Waals surface area contributed by atoms with Gasteiger partial charge in [-0.2, -0.15) is 11.8 Å². The zero-order chi connectivity index (χ0) is 18.1. The highest BCUT2D eigenvalue weighted by molar-refractivity contribution is 7.99. The van der Waals surface area contributed by atoms with Crippen molar-refractivity contribution in [3.8, 4) is 0 Å². The molecule has 4 bridgehead atoms. The Balaban J connectivity index is 1.48. The maximum Gasteiger partial charge on any atom is 0.346 e. The van der Waals surface area contributed by atoms with Crippen molar-refractivity contribution in [3.63, 3.8) is 0 Å². The highest BCUT2D eigenvalue weighted by Crippen LogP contribution is 2.61. The summed E-state index contributed by atoms with van der Waals surface area (Å²) in [6, 6.07) is 1.68. The Bertz CT molecular complexity index is 923. The lowest BCUT2D eigenvalue weighted by Gasteiger charge is -2.56. The molecule has 0 spiro atoms. The summed E-state index contributed by atoms with van der Waals surface area (Å²) in [4.78, 5) is 27.5. The molecule has 6 rings (SSSR count). The summed E-state index contributed by atoms with van der Waals surface area (Å²) in [5, 5.41) is 10.4. The van der Waals surface area contributed by atoms with Gasteiger partial charge in [0.05, 0.1) is 0 Å². The lowest BCUT2D eigenvalue weighted by Crippen LogP contribution is -2.48. The molecule has 0 amide bonds. The lowest BCUT2D eigenvalue weighted by molar-refractivity contribution is 0.0383. The van der Waals surface area contributed by atoms with Crippen LogP contribution in [0.1, 0.15) is 59.3 Å². The van der Waals surface area contributed by atoms with Gasteiger partial charge in [0.1, 0.15) is 9.71 Å². The SMILES string of the molecule is Cc1c(C(=O)O)sc2[nH]c(=O)cc(CSC34CC5CC(CC(C5)C3)C4)c12. The Labute approximate surface area is 160 Å². The van der Waals surface area contributed by atoms with E-state index in [4.69, 9.17) is 0 Å². The summed E-state index contributed by atoms with van der Waals surface area (Å²) in [5.74, 6) is 2.63. The average molecular weight is 390 g/mol. The van der Waals surface area contributed by atoms with Gasteiger partial charge in [0.2, 0.25) is 5.56 Å². The molecule has 2 aromatic rings. The molecule has 4 aliphatic rings. The Morgan fingerprint density at radius 3 is 2.46 bits per heavy atom. The van der Waals surface area contributed by atoms with Gasteiger partial charge in [-0.15, -0.1) is 11.3 Å². The monoisotopic (exact) mass is 389 g/mol. The van der Waals surface area contributed by atoms with Crippen molar-refractivity contribution in [2.24, 2.45) is 17.8 Å². The second-order valence-corrected chi connectivity index (χ2v) is 11.1. The van der Waals surface area contributed by atoms with Crippen LogP contribution in [-0.4, -0.2) is 20.8 Å². The number of pyridine rings is 1. The number of carboxylic acids is 1. The summed E-state index contributed by atoms with van der Waals surface area (Å²) >= 11 is 3.22. The first kappa shape index (κ1) is 16.9. The molecule has 4 saturated carbocycles. The quantitative estimate of drug-likeness (QED) is 0.788. The van der Waals surface area contributed by atoms with E-state index < -0.39 is 5.97 Å². The maximum atomic E-state index is 12.1. The molecule has 0 saturated heterocycles. The van der Waals surface area contributed by atoms with Crippen molar-refractivity contribution in [2.45, 2.75) is 55.9 Å². The number of thioether (sulfide) groups is 1. The van der Waals surface area contributed by atoms with E-state index in [0.717, 1.165) is 40.0 Å². The fraction of sp³-hybridized carbons (Fsp3) is 0.600. The molecular formula is C20H23NO3S2. The van der Waals surface area contributed by atoms with Crippen LogP contribution in [0.2, 0.25) is 0 Å². The van der Waals surface area contributed by atoms with Gasteiger partial charge in [-0.05, 0) is 74.3 Å². The molecule has 0 aromatic carbocycles. The summed E-state index contributed by atoms with van der Waals surface area (Å²) in [7, 11) is 0. The van der Waals surface area contributed by atoms with Crippen molar-refractivity contribution in [2.75, 3.05) is 0 Å². The van der Waals surface area contributed by atoms with Crippen molar-refractivity contribution < 1.29 is 9.90 Å². The molecule has 2 N–H and O–H groups in total. The predicted molar refractivity (Wildman–Crippen MR) is 106 cm³/mol. The van der Waals surface area contributed by atoms with Crippen LogP contribution in [-0.2, 0) is 5.75 Å². The van der Waals surface area contributed by atoms with E-state index >= 15 is 0 Å². The van der Waals surface area contributed by atoms with Gasteiger partial charge in [0, 0.05) is 22.0 Å². The first-order valence-corrected chi connectivity index (χ1v) is 11.3. The number of hydrogen-bond acceptors (Lipinski definition) is 4. The molecule has 0 atom stereocenters. The van der Waals surface area contributed by atoms with Crippen molar-refractivity contribution >= 4 is 39.3 Å². The number of aromatic carboxylic acids is 1. The number of fused-ring (bicyclic) bond motifs is 1. The molecular weight excluding hydrogens is 366 g/mol. The number of nitrogens with one attached hydrogen (secondary N) is 1. The van der Waals surface area contributed by atoms with Gasteiger partial charge >= 0.3 is 5.97 Å². The highest BCUT2D eigenvalue weighted by atomic mass is 32.2. The molecule has 6 heteroatoms. The van der Waals surface area contributed by atoms with E-state index in [9.17, 15) is 14.7 Å². The largest absolute Gasteiger partial charge is 0.477 e. The first-order valence-electron chi connectivity index (χ1n) is 9.45. The van der Waals surface area contributed by atoms with Crippen LogP contribution in [0.5, 0.6) is 0 Å². The molecule has 26 heavy (non-hydrogen) atoms. The number of H-pyrrole nitrogens is 1. The maximum absolute atomic E-state index is 12.1. The van der Waals surface area contributed by atoms with Crippen LogP contribution >= 0.6 is 23.1 Å². The number of carboxylic acid groups (broad SMARTS) is 1. The molecule has 0 unspecified atom stereocenters. The van der Waals surface area contributed by atoms with E-state index in [0.29, 0.717) is 14.5 Å². The molecule has 4 nitrogen and oxygen atoms in total. The van der Waals surface area contributed by atoms with E-state index in [1.165, 1.54) is 49.9 Å². The number of rotatable bonds is 4. The van der Waals surface area contributed by atoms with Crippen LogP contribution in [0.25, 0.3) is 10.2 Å². The molecule has 0 radical (unpaired) electrons. The van der Waals surface area contributed by atoms with Gasteiger partial charge in [0.15, 0.2) is 0 Å². The molecule has 2 heterocycles. The zero-order valence-electron chi connectivity index (χ0n) is 14.8. The van der Waals surface area contributed by atoms with Crippen molar-refractivity contribution in [1.29, 1.82) is 0 Å². The molecule has 0 aliphatic heterocycles. The topological polar surface area (TPSA) is 70.2 Å². The Morgan fingerprint density at radius 2 is 1.88 bits per heavy atom. The van der Waals surface area contributed by atoms with E-state index in [1.54, 1.807) is 6.07 Å². The minimum Gasteiger partial charge on any atom is -0.477 e. The second-order valence-electron chi connectivity index (χ2n) is 8.61. The summed E-state index contributed by atoms with van der Waals surface area (Å²) < 4.78 is 0.392. The number of thiophene rings is 1.